The molecule has 0 aromatic heterocycles. The molecule has 1 aromatic rings. The Balaban J connectivity index is 2.01. The van der Waals surface area contributed by atoms with E-state index in [9.17, 15) is 18.0 Å². The first-order valence-corrected chi connectivity index (χ1v) is 10.7. The maximum atomic E-state index is 12.5. The van der Waals surface area contributed by atoms with E-state index in [0.29, 0.717) is 6.54 Å². The van der Waals surface area contributed by atoms with E-state index in [0.717, 1.165) is 30.0 Å². The van der Waals surface area contributed by atoms with Crippen molar-refractivity contribution in [3.8, 4) is 0 Å². The summed E-state index contributed by atoms with van der Waals surface area (Å²) in [5, 5.41) is 0. The van der Waals surface area contributed by atoms with Crippen LogP contribution in [0.3, 0.4) is 0 Å². The Labute approximate surface area is 161 Å². The molecule has 1 aliphatic rings. The first-order chi connectivity index (χ1) is 12.8. The molecule has 8 heteroatoms. The van der Waals surface area contributed by atoms with Gasteiger partial charge in [0.05, 0.1) is 10.5 Å². The number of likely N-dealkylation sites (N-methyl/N-ethyl adjacent to an activating group) is 1. The summed E-state index contributed by atoms with van der Waals surface area (Å²) in [7, 11) is -0.805. The molecule has 0 spiro atoms. The predicted octanol–water partition coefficient (Wildman–Crippen LogP) is 2.27. The number of esters is 1. The van der Waals surface area contributed by atoms with Gasteiger partial charge in [-0.25, -0.2) is 17.5 Å². The quantitative estimate of drug-likeness (QED) is 0.660. The average molecular weight is 397 g/mol. The van der Waals surface area contributed by atoms with Gasteiger partial charge >= 0.3 is 5.97 Å². The number of carbonyl (C=O) groups excluding carboxylic acids is 2. The summed E-state index contributed by atoms with van der Waals surface area (Å²) in [4.78, 5) is 26.5. The largest absolute Gasteiger partial charge is 0.452 e. The highest BCUT2D eigenvalue weighted by molar-refractivity contribution is 7.89. The van der Waals surface area contributed by atoms with E-state index in [1.54, 1.807) is 4.90 Å². The van der Waals surface area contributed by atoms with Gasteiger partial charge in [0.15, 0.2) is 6.61 Å². The normalized spacial score (nSPS) is 15.6. The zero-order valence-corrected chi connectivity index (χ0v) is 17.0. The molecule has 1 aliphatic carbocycles. The highest BCUT2D eigenvalue weighted by Gasteiger charge is 2.25. The Morgan fingerprint density at radius 1 is 1.15 bits per heavy atom. The molecule has 150 valence electrons. The van der Waals surface area contributed by atoms with Crippen molar-refractivity contribution < 1.29 is 22.7 Å². The van der Waals surface area contributed by atoms with Gasteiger partial charge in [-0.3, -0.25) is 4.79 Å². The molecule has 0 saturated heterocycles. The van der Waals surface area contributed by atoms with Crippen LogP contribution in [-0.4, -0.2) is 62.8 Å². The van der Waals surface area contributed by atoms with Gasteiger partial charge < -0.3 is 9.64 Å². The zero-order valence-electron chi connectivity index (χ0n) is 16.2. The van der Waals surface area contributed by atoms with Gasteiger partial charge in [0, 0.05) is 26.7 Å². The van der Waals surface area contributed by atoms with Crippen molar-refractivity contribution in [1.82, 2.24) is 9.21 Å². The molecular weight excluding hydrogens is 368 g/mol. The van der Waals surface area contributed by atoms with Crippen LogP contribution >= 0.6 is 0 Å². The Bertz CT molecular complexity index is 770. The fraction of sp³-hybridized carbons (Fsp3) is 0.579. The third-order valence-electron chi connectivity index (χ3n) is 4.85. The van der Waals surface area contributed by atoms with Crippen LogP contribution in [0.4, 0.5) is 0 Å². The lowest BCUT2D eigenvalue weighted by Gasteiger charge is -2.33. The molecule has 1 saturated carbocycles. The van der Waals surface area contributed by atoms with E-state index in [-0.39, 0.29) is 29.0 Å². The van der Waals surface area contributed by atoms with E-state index in [1.165, 1.54) is 44.8 Å². The van der Waals surface area contributed by atoms with Crippen LogP contribution in [0, 0.1) is 0 Å². The van der Waals surface area contributed by atoms with Gasteiger partial charge in [0.25, 0.3) is 5.91 Å². The molecule has 0 radical (unpaired) electrons. The summed E-state index contributed by atoms with van der Waals surface area (Å²) in [5.74, 6) is -0.923. The Morgan fingerprint density at radius 2 is 1.81 bits per heavy atom. The molecule has 0 aliphatic heterocycles. The van der Waals surface area contributed by atoms with Gasteiger partial charge in [0.2, 0.25) is 10.0 Å². The Kier molecular flexibility index (Phi) is 7.38. The fourth-order valence-corrected chi connectivity index (χ4v) is 4.27. The molecule has 0 N–H and O–H groups in total. The van der Waals surface area contributed by atoms with E-state index in [1.807, 2.05) is 6.92 Å². The average Bonchev–Trinajstić information content (AvgIpc) is 2.67. The predicted molar refractivity (Wildman–Crippen MR) is 102 cm³/mol. The third-order valence-corrected chi connectivity index (χ3v) is 6.66. The third kappa shape index (κ3) is 5.29. The number of amides is 1. The van der Waals surface area contributed by atoms with Crippen LogP contribution in [-0.2, 0) is 19.6 Å². The second-order valence-corrected chi connectivity index (χ2v) is 9.01. The van der Waals surface area contributed by atoms with Gasteiger partial charge in [-0.2, -0.15) is 0 Å². The topological polar surface area (TPSA) is 84.0 Å². The van der Waals surface area contributed by atoms with E-state index in [4.69, 9.17) is 4.74 Å². The molecule has 0 atom stereocenters. The van der Waals surface area contributed by atoms with Gasteiger partial charge in [0.1, 0.15) is 0 Å². The van der Waals surface area contributed by atoms with E-state index in [2.05, 4.69) is 0 Å². The summed E-state index contributed by atoms with van der Waals surface area (Å²) in [6, 6.07) is 5.85. The number of hydrogen-bond acceptors (Lipinski definition) is 5. The van der Waals surface area contributed by atoms with Crippen molar-refractivity contribution in [2.45, 2.75) is 50.0 Å². The number of nitrogens with zero attached hydrogens (tertiary/aromatic N) is 2. The number of ether oxygens (including phenoxy) is 1. The van der Waals surface area contributed by atoms with Crippen LogP contribution in [0.25, 0.3) is 0 Å². The first-order valence-electron chi connectivity index (χ1n) is 9.26. The highest BCUT2D eigenvalue weighted by atomic mass is 32.2. The molecule has 1 aromatic carbocycles. The number of sulfonamides is 1. The fourth-order valence-electron chi connectivity index (χ4n) is 3.32. The maximum absolute atomic E-state index is 12.5. The van der Waals surface area contributed by atoms with Gasteiger partial charge in [-0.15, -0.1) is 0 Å². The lowest BCUT2D eigenvalue weighted by atomic mass is 9.94. The van der Waals surface area contributed by atoms with Crippen molar-refractivity contribution in [3.63, 3.8) is 0 Å². The minimum absolute atomic E-state index is 0.00525. The summed E-state index contributed by atoms with van der Waals surface area (Å²) >= 11 is 0. The Hall–Kier alpha value is -1.93. The summed E-state index contributed by atoms with van der Waals surface area (Å²) in [6.07, 6.45) is 5.39. The molecule has 0 bridgehead atoms. The van der Waals surface area contributed by atoms with Crippen molar-refractivity contribution in [2.75, 3.05) is 27.2 Å². The molecule has 27 heavy (non-hydrogen) atoms. The van der Waals surface area contributed by atoms with E-state index < -0.39 is 16.0 Å². The SMILES string of the molecule is CCN(C(=O)COC(=O)c1cccc(S(=O)(=O)N(C)C)c1)C1CCCCC1. The van der Waals surface area contributed by atoms with Crippen molar-refractivity contribution in [1.29, 1.82) is 0 Å². The van der Waals surface area contributed by atoms with Gasteiger partial charge in [-0.1, -0.05) is 25.3 Å². The van der Waals surface area contributed by atoms with Crippen LogP contribution in [0.1, 0.15) is 49.4 Å². The van der Waals surface area contributed by atoms with Crippen molar-refractivity contribution >= 4 is 21.9 Å². The molecule has 7 nitrogen and oxygen atoms in total. The smallest absolute Gasteiger partial charge is 0.338 e. The molecular formula is C19H28N2O5S. The lowest BCUT2D eigenvalue weighted by molar-refractivity contribution is -0.137. The summed E-state index contributed by atoms with van der Waals surface area (Å²) < 4.78 is 30.6. The Morgan fingerprint density at radius 3 is 2.41 bits per heavy atom. The van der Waals surface area contributed by atoms with Crippen molar-refractivity contribution in [3.05, 3.63) is 29.8 Å². The number of hydrogen-bond donors (Lipinski definition) is 0. The lowest BCUT2D eigenvalue weighted by Crippen LogP contribution is -2.43. The van der Waals surface area contributed by atoms with Crippen LogP contribution in [0.2, 0.25) is 0 Å². The van der Waals surface area contributed by atoms with Gasteiger partial charge in [-0.05, 0) is 38.0 Å². The molecule has 1 amide bonds. The monoisotopic (exact) mass is 396 g/mol. The number of carbonyl (C=O) groups is 2. The van der Waals surface area contributed by atoms with Crippen LogP contribution in [0.15, 0.2) is 29.2 Å². The highest BCUT2D eigenvalue weighted by Crippen LogP contribution is 2.22. The number of benzene rings is 1. The molecule has 0 heterocycles. The van der Waals surface area contributed by atoms with Crippen LogP contribution < -0.4 is 0 Å². The standard InChI is InChI=1S/C19H28N2O5S/c1-4-21(16-10-6-5-7-11-16)18(22)14-26-19(23)15-9-8-12-17(13-15)27(24,25)20(2)3/h8-9,12-13,16H,4-7,10-11,14H2,1-3H3. The number of rotatable bonds is 7. The van der Waals surface area contributed by atoms with Crippen molar-refractivity contribution in [2.24, 2.45) is 0 Å². The zero-order chi connectivity index (χ0) is 20.0. The molecule has 0 unspecified atom stereocenters. The second kappa shape index (κ2) is 9.32. The minimum atomic E-state index is -3.65. The maximum Gasteiger partial charge on any atom is 0.338 e. The van der Waals surface area contributed by atoms with Crippen LogP contribution in [0.5, 0.6) is 0 Å². The second-order valence-electron chi connectivity index (χ2n) is 6.86. The minimum Gasteiger partial charge on any atom is -0.452 e. The van der Waals surface area contributed by atoms with E-state index >= 15 is 0 Å². The molecule has 1 fully saturated rings. The molecule has 2 rings (SSSR count). The first kappa shape index (κ1) is 21.4. The summed E-state index contributed by atoms with van der Waals surface area (Å²) in [6.45, 7) is 2.16. The summed E-state index contributed by atoms with van der Waals surface area (Å²) in [5.41, 5.74) is 0.103.